The van der Waals surface area contributed by atoms with Gasteiger partial charge in [0.15, 0.2) is 0 Å². The Labute approximate surface area is 102 Å². The molecule has 1 aromatic heterocycles. The van der Waals surface area contributed by atoms with Gasteiger partial charge in [0, 0.05) is 15.6 Å². The zero-order chi connectivity index (χ0) is 11.5. The summed E-state index contributed by atoms with van der Waals surface area (Å²) < 4.78 is 1.52. The van der Waals surface area contributed by atoms with Gasteiger partial charge in [0.2, 0.25) is 0 Å². The Morgan fingerprint density at radius 3 is 2.56 bits per heavy atom. The summed E-state index contributed by atoms with van der Waals surface area (Å²) in [5.41, 5.74) is 0.764. The molecule has 2 rings (SSSR count). The maximum absolute atomic E-state index is 8.59. The van der Waals surface area contributed by atoms with E-state index in [2.05, 4.69) is 10.1 Å². The third-order valence-electron chi connectivity index (χ3n) is 2.02. The first-order chi connectivity index (χ1) is 7.70. The van der Waals surface area contributed by atoms with Crippen molar-refractivity contribution in [2.45, 2.75) is 6.54 Å². The van der Waals surface area contributed by atoms with Crippen molar-refractivity contribution in [1.82, 2.24) is 14.8 Å². The first-order valence-corrected chi connectivity index (χ1v) is 5.18. The first-order valence-electron chi connectivity index (χ1n) is 4.43. The van der Waals surface area contributed by atoms with Crippen LogP contribution in [0.15, 0.2) is 24.5 Å². The van der Waals surface area contributed by atoms with Crippen LogP contribution < -0.4 is 0 Å². The van der Waals surface area contributed by atoms with Crippen LogP contribution in [0, 0.1) is 11.3 Å². The molecule has 0 unspecified atom stereocenters. The van der Waals surface area contributed by atoms with E-state index >= 15 is 0 Å². The van der Waals surface area contributed by atoms with Crippen LogP contribution in [-0.4, -0.2) is 14.8 Å². The molecule has 16 heavy (non-hydrogen) atoms. The smallest absolute Gasteiger partial charge is 0.247 e. The minimum Gasteiger partial charge on any atom is -0.247 e. The van der Waals surface area contributed by atoms with Gasteiger partial charge in [-0.25, -0.2) is 9.67 Å². The van der Waals surface area contributed by atoms with Crippen molar-refractivity contribution < 1.29 is 0 Å². The molecule has 1 aromatic carbocycles. The highest BCUT2D eigenvalue weighted by Crippen LogP contribution is 2.24. The minimum atomic E-state index is 0.128. The van der Waals surface area contributed by atoms with E-state index in [0.717, 1.165) is 5.56 Å². The third kappa shape index (κ3) is 2.16. The van der Waals surface area contributed by atoms with Crippen LogP contribution >= 0.6 is 23.2 Å². The molecule has 0 aliphatic rings. The van der Waals surface area contributed by atoms with Gasteiger partial charge >= 0.3 is 0 Å². The predicted molar refractivity (Wildman–Crippen MR) is 60.3 cm³/mol. The number of benzene rings is 1. The van der Waals surface area contributed by atoms with Crippen LogP contribution in [0.4, 0.5) is 0 Å². The highest BCUT2D eigenvalue weighted by molar-refractivity contribution is 6.35. The lowest BCUT2D eigenvalue weighted by atomic mass is 10.2. The van der Waals surface area contributed by atoms with E-state index in [-0.39, 0.29) is 5.82 Å². The zero-order valence-corrected chi connectivity index (χ0v) is 9.57. The molecule has 0 N–H and O–H groups in total. The number of aromatic nitrogens is 3. The molecule has 0 spiro atoms. The summed E-state index contributed by atoms with van der Waals surface area (Å²) >= 11 is 12.0. The van der Waals surface area contributed by atoms with Gasteiger partial charge < -0.3 is 0 Å². The van der Waals surface area contributed by atoms with Gasteiger partial charge in [-0.1, -0.05) is 29.3 Å². The fourth-order valence-corrected chi connectivity index (χ4v) is 1.78. The van der Waals surface area contributed by atoms with Gasteiger partial charge in [-0.15, -0.1) is 5.10 Å². The second kappa shape index (κ2) is 4.52. The molecular formula is C10H6Cl2N4. The lowest BCUT2D eigenvalue weighted by molar-refractivity contribution is 0.682. The summed E-state index contributed by atoms with van der Waals surface area (Å²) in [5, 5.41) is 13.7. The summed E-state index contributed by atoms with van der Waals surface area (Å²) in [6, 6.07) is 7.14. The van der Waals surface area contributed by atoms with Crippen molar-refractivity contribution in [1.29, 1.82) is 5.26 Å². The highest BCUT2D eigenvalue weighted by Gasteiger charge is 2.07. The maximum atomic E-state index is 8.59. The largest absolute Gasteiger partial charge is 0.252 e. The predicted octanol–water partition coefficient (Wildman–Crippen LogP) is 2.50. The normalized spacial score (nSPS) is 10.1. The van der Waals surface area contributed by atoms with Crippen molar-refractivity contribution in [2.24, 2.45) is 0 Å². The van der Waals surface area contributed by atoms with Crippen molar-refractivity contribution >= 4 is 23.2 Å². The van der Waals surface area contributed by atoms with E-state index in [1.807, 2.05) is 6.07 Å². The van der Waals surface area contributed by atoms with Gasteiger partial charge in [0.25, 0.3) is 5.82 Å². The van der Waals surface area contributed by atoms with Crippen LogP contribution in [0.3, 0.4) is 0 Å². The summed E-state index contributed by atoms with van der Waals surface area (Å²) in [5.74, 6) is 0.128. The number of nitrogens with zero attached hydrogens (tertiary/aromatic N) is 4. The number of nitriles is 1. The SMILES string of the molecule is N#Cc1ncn(Cc2c(Cl)cccc2Cl)n1. The number of halogens is 2. The molecule has 1 heterocycles. The molecule has 0 radical (unpaired) electrons. The van der Waals surface area contributed by atoms with Gasteiger partial charge in [0.1, 0.15) is 12.4 Å². The lowest BCUT2D eigenvalue weighted by Gasteiger charge is -2.05. The molecule has 80 valence electrons. The number of hydrogen-bond acceptors (Lipinski definition) is 3. The average molecular weight is 253 g/mol. The molecule has 0 bridgehead atoms. The Morgan fingerprint density at radius 1 is 1.31 bits per heavy atom. The van der Waals surface area contributed by atoms with E-state index < -0.39 is 0 Å². The molecule has 0 saturated carbocycles. The minimum absolute atomic E-state index is 0.128. The molecule has 0 atom stereocenters. The monoisotopic (exact) mass is 252 g/mol. The van der Waals surface area contributed by atoms with E-state index in [9.17, 15) is 0 Å². The van der Waals surface area contributed by atoms with Crippen molar-refractivity contribution in [3.05, 3.63) is 46.0 Å². The van der Waals surface area contributed by atoms with Crippen LogP contribution in [0.5, 0.6) is 0 Å². The van der Waals surface area contributed by atoms with E-state index in [1.165, 1.54) is 11.0 Å². The first kappa shape index (κ1) is 10.9. The van der Waals surface area contributed by atoms with Crippen LogP contribution in [0.1, 0.15) is 11.4 Å². The molecule has 0 aliphatic heterocycles. The standard InChI is InChI=1S/C10H6Cl2N4/c11-8-2-1-3-9(12)7(8)5-16-6-14-10(4-13)15-16/h1-3,6H,5H2. The fourth-order valence-electron chi connectivity index (χ4n) is 1.27. The van der Waals surface area contributed by atoms with Gasteiger partial charge in [-0.05, 0) is 12.1 Å². The number of rotatable bonds is 2. The Morgan fingerprint density at radius 2 is 2.00 bits per heavy atom. The van der Waals surface area contributed by atoms with Crippen LogP contribution in [0.25, 0.3) is 0 Å². The zero-order valence-electron chi connectivity index (χ0n) is 8.06. The Kier molecular flexibility index (Phi) is 3.09. The maximum Gasteiger partial charge on any atom is 0.252 e. The summed E-state index contributed by atoms with van der Waals surface area (Å²) in [7, 11) is 0. The van der Waals surface area contributed by atoms with Gasteiger partial charge in [-0.2, -0.15) is 5.26 Å². The van der Waals surface area contributed by atoms with E-state index in [4.69, 9.17) is 28.5 Å². The molecule has 0 fully saturated rings. The number of hydrogen-bond donors (Lipinski definition) is 0. The third-order valence-corrected chi connectivity index (χ3v) is 2.73. The van der Waals surface area contributed by atoms with E-state index in [1.54, 1.807) is 18.2 Å². The van der Waals surface area contributed by atoms with Crippen molar-refractivity contribution in [3.63, 3.8) is 0 Å². The molecule has 4 nitrogen and oxygen atoms in total. The molecular weight excluding hydrogens is 247 g/mol. The quantitative estimate of drug-likeness (QED) is 0.826. The average Bonchev–Trinajstić information content (AvgIpc) is 2.71. The summed E-state index contributed by atoms with van der Waals surface area (Å²) in [6.45, 7) is 0.396. The lowest BCUT2D eigenvalue weighted by Crippen LogP contribution is -2.02. The topological polar surface area (TPSA) is 54.5 Å². The molecule has 0 amide bonds. The molecule has 0 aliphatic carbocycles. The van der Waals surface area contributed by atoms with Crippen molar-refractivity contribution in [2.75, 3.05) is 0 Å². The summed E-state index contributed by atoms with van der Waals surface area (Å²) in [6.07, 6.45) is 1.47. The van der Waals surface area contributed by atoms with Gasteiger partial charge in [0.05, 0.1) is 6.54 Å². The Hall–Kier alpha value is -1.57. The Bertz CT molecular complexity index is 536. The molecule has 0 saturated heterocycles. The second-order valence-corrected chi connectivity index (χ2v) is 3.89. The summed E-state index contributed by atoms with van der Waals surface area (Å²) in [4.78, 5) is 3.79. The van der Waals surface area contributed by atoms with Gasteiger partial charge in [-0.3, -0.25) is 0 Å². The van der Waals surface area contributed by atoms with Crippen LogP contribution in [-0.2, 0) is 6.54 Å². The van der Waals surface area contributed by atoms with E-state index in [0.29, 0.717) is 16.6 Å². The molecule has 2 aromatic rings. The molecule has 6 heteroatoms. The fraction of sp³-hybridized carbons (Fsp3) is 0.100. The van der Waals surface area contributed by atoms with Crippen molar-refractivity contribution in [3.8, 4) is 6.07 Å². The Balaban J connectivity index is 2.31. The highest BCUT2D eigenvalue weighted by atomic mass is 35.5. The van der Waals surface area contributed by atoms with Crippen LogP contribution in [0.2, 0.25) is 10.0 Å². The second-order valence-electron chi connectivity index (χ2n) is 3.08.